The standard InChI is InChI=1S/C18H23BrN4O2/c1-5-22(6-2)17(24)12-21(4)18(25)16-11-20-23(13(16)3)15-9-7-14(19)8-10-15/h7-11H,5-6,12H2,1-4H3. The third-order valence-corrected chi connectivity index (χ3v) is 4.68. The van der Waals surface area contributed by atoms with Crippen LogP contribution in [-0.2, 0) is 4.79 Å². The Hall–Kier alpha value is -2.15. The number of amides is 2. The summed E-state index contributed by atoms with van der Waals surface area (Å²) < 4.78 is 2.70. The number of hydrogen-bond acceptors (Lipinski definition) is 3. The largest absolute Gasteiger partial charge is 0.342 e. The van der Waals surface area contributed by atoms with Crippen LogP contribution in [0.25, 0.3) is 5.69 Å². The second-order valence-corrected chi connectivity index (χ2v) is 6.67. The van der Waals surface area contributed by atoms with Crippen molar-refractivity contribution < 1.29 is 9.59 Å². The fourth-order valence-corrected chi connectivity index (χ4v) is 2.88. The van der Waals surface area contributed by atoms with E-state index in [4.69, 9.17) is 0 Å². The third kappa shape index (κ3) is 4.28. The van der Waals surface area contributed by atoms with Crippen LogP contribution in [0.1, 0.15) is 29.9 Å². The molecule has 134 valence electrons. The first-order valence-electron chi connectivity index (χ1n) is 8.22. The monoisotopic (exact) mass is 406 g/mol. The van der Waals surface area contributed by atoms with E-state index in [1.54, 1.807) is 22.8 Å². The highest BCUT2D eigenvalue weighted by atomic mass is 79.9. The Morgan fingerprint density at radius 2 is 1.76 bits per heavy atom. The molecule has 0 spiro atoms. The summed E-state index contributed by atoms with van der Waals surface area (Å²) in [6, 6.07) is 7.69. The molecule has 1 aromatic heterocycles. The van der Waals surface area contributed by atoms with Crippen molar-refractivity contribution in [2.45, 2.75) is 20.8 Å². The summed E-state index contributed by atoms with van der Waals surface area (Å²) in [7, 11) is 1.64. The Labute approximate surface area is 156 Å². The molecule has 2 amide bonds. The van der Waals surface area contributed by atoms with E-state index >= 15 is 0 Å². The number of carbonyl (C=O) groups excluding carboxylic acids is 2. The van der Waals surface area contributed by atoms with Crippen molar-refractivity contribution in [1.82, 2.24) is 19.6 Å². The number of likely N-dealkylation sites (N-methyl/N-ethyl adjacent to an activating group) is 2. The molecule has 0 aliphatic rings. The average Bonchev–Trinajstić information content (AvgIpc) is 2.97. The van der Waals surface area contributed by atoms with E-state index < -0.39 is 0 Å². The molecule has 0 saturated heterocycles. The zero-order valence-electron chi connectivity index (χ0n) is 15.0. The van der Waals surface area contributed by atoms with Gasteiger partial charge in [-0.05, 0) is 45.0 Å². The molecule has 0 N–H and O–H groups in total. The van der Waals surface area contributed by atoms with E-state index in [1.165, 1.54) is 4.90 Å². The van der Waals surface area contributed by atoms with Gasteiger partial charge >= 0.3 is 0 Å². The molecule has 0 aliphatic carbocycles. The minimum atomic E-state index is -0.207. The molecule has 0 atom stereocenters. The molecule has 0 saturated carbocycles. The van der Waals surface area contributed by atoms with Gasteiger partial charge in [0.2, 0.25) is 5.91 Å². The molecular weight excluding hydrogens is 384 g/mol. The number of benzene rings is 1. The van der Waals surface area contributed by atoms with Crippen LogP contribution in [0.3, 0.4) is 0 Å². The SMILES string of the molecule is CCN(CC)C(=O)CN(C)C(=O)c1cnn(-c2ccc(Br)cc2)c1C. The van der Waals surface area contributed by atoms with E-state index in [-0.39, 0.29) is 18.4 Å². The van der Waals surface area contributed by atoms with Crippen molar-refractivity contribution in [3.63, 3.8) is 0 Å². The van der Waals surface area contributed by atoms with Gasteiger partial charge in [0.15, 0.2) is 0 Å². The van der Waals surface area contributed by atoms with Crippen LogP contribution in [0.15, 0.2) is 34.9 Å². The summed E-state index contributed by atoms with van der Waals surface area (Å²) in [5.41, 5.74) is 2.12. The number of halogens is 1. The summed E-state index contributed by atoms with van der Waals surface area (Å²) in [5, 5.41) is 4.32. The van der Waals surface area contributed by atoms with Crippen molar-refractivity contribution in [2.75, 3.05) is 26.7 Å². The highest BCUT2D eigenvalue weighted by molar-refractivity contribution is 9.10. The number of aromatic nitrogens is 2. The van der Waals surface area contributed by atoms with Crippen LogP contribution in [0.5, 0.6) is 0 Å². The van der Waals surface area contributed by atoms with Gasteiger partial charge in [-0.2, -0.15) is 5.10 Å². The zero-order chi connectivity index (χ0) is 18.6. The van der Waals surface area contributed by atoms with E-state index in [2.05, 4.69) is 21.0 Å². The summed E-state index contributed by atoms with van der Waals surface area (Å²) in [6.07, 6.45) is 1.55. The van der Waals surface area contributed by atoms with Gasteiger partial charge in [-0.3, -0.25) is 9.59 Å². The molecule has 0 fully saturated rings. The lowest BCUT2D eigenvalue weighted by atomic mass is 10.2. The van der Waals surface area contributed by atoms with Gasteiger partial charge < -0.3 is 9.80 Å². The third-order valence-electron chi connectivity index (χ3n) is 4.15. The Bertz CT molecular complexity index is 751. The maximum Gasteiger partial charge on any atom is 0.257 e. The maximum absolute atomic E-state index is 12.7. The van der Waals surface area contributed by atoms with Gasteiger partial charge in [-0.25, -0.2) is 4.68 Å². The van der Waals surface area contributed by atoms with Crippen LogP contribution >= 0.6 is 15.9 Å². The van der Waals surface area contributed by atoms with E-state index in [0.717, 1.165) is 15.9 Å². The van der Waals surface area contributed by atoms with Crippen molar-refractivity contribution in [1.29, 1.82) is 0 Å². The average molecular weight is 407 g/mol. The molecule has 0 bridgehead atoms. The van der Waals surface area contributed by atoms with Gasteiger partial charge in [-0.1, -0.05) is 15.9 Å². The predicted octanol–water partition coefficient (Wildman–Crippen LogP) is 2.88. The Kier molecular flexibility index (Phi) is 6.36. The van der Waals surface area contributed by atoms with Gasteiger partial charge in [0, 0.05) is 24.6 Å². The molecule has 25 heavy (non-hydrogen) atoms. The van der Waals surface area contributed by atoms with Crippen LogP contribution in [0.2, 0.25) is 0 Å². The quantitative estimate of drug-likeness (QED) is 0.740. The molecule has 7 heteroatoms. The highest BCUT2D eigenvalue weighted by Gasteiger charge is 2.21. The van der Waals surface area contributed by atoms with Crippen LogP contribution < -0.4 is 0 Å². The molecule has 0 aliphatic heterocycles. The minimum Gasteiger partial charge on any atom is -0.342 e. The van der Waals surface area contributed by atoms with E-state index in [1.807, 2.05) is 45.0 Å². The number of carbonyl (C=O) groups is 2. The van der Waals surface area contributed by atoms with Crippen molar-refractivity contribution >= 4 is 27.7 Å². The Morgan fingerprint density at radius 1 is 1.16 bits per heavy atom. The summed E-state index contributed by atoms with van der Waals surface area (Å²) in [5.74, 6) is -0.264. The Balaban J connectivity index is 2.17. The number of nitrogens with zero attached hydrogens (tertiary/aromatic N) is 4. The predicted molar refractivity (Wildman–Crippen MR) is 101 cm³/mol. The molecule has 2 aromatic rings. The van der Waals surface area contributed by atoms with Crippen LogP contribution in [0, 0.1) is 6.92 Å². The van der Waals surface area contributed by atoms with E-state index in [0.29, 0.717) is 18.7 Å². The number of rotatable bonds is 6. The summed E-state index contributed by atoms with van der Waals surface area (Å²) in [6.45, 7) is 7.03. The lowest BCUT2D eigenvalue weighted by molar-refractivity contribution is -0.131. The normalized spacial score (nSPS) is 10.6. The van der Waals surface area contributed by atoms with Gasteiger partial charge in [0.1, 0.15) is 0 Å². The Morgan fingerprint density at radius 3 is 2.32 bits per heavy atom. The first-order valence-corrected chi connectivity index (χ1v) is 9.02. The molecule has 1 aromatic carbocycles. The molecular formula is C18H23BrN4O2. The molecule has 0 unspecified atom stereocenters. The second kappa shape index (κ2) is 8.29. The fraction of sp³-hybridized carbons (Fsp3) is 0.389. The van der Waals surface area contributed by atoms with Gasteiger partial charge in [0.05, 0.1) is 29.7 Å². The maximum atomic E-state index is 12.7. The summed E-state index contributed by atoms with van der Waals surface area (Å²) in [4.78, 5) is 28.0. The summed E-state index contributed by atoms with van der Waals surface area (Å²) >= 11 is 3.40. The highest BCUT2D eigenvalue weighted by Crippen LogP contribution is 2.18. The van der Waals surface area contributed by atoms with Crippen LogP contribution in [0.4, 0.5) is 0 Å². The van der Waals surface area contributed by atoms with Crippen molar-refractivity contribution in [3.8, 4) is 5.69 Å². The second-order valence-electron chi connectivity index (χ2n) is 5.76. The molecule has 6 nitrogen and oxygen atoms in total. The molecule has 1 heterocycles. The lowest BCUT2D eigenvalue weighted by Gasteiger charge is -2.23. The molecule has 0 radical (unpaired) electrons. The van der Waals surface area contributed by atoms with Crippen molar-refractivity contribution in [3.05, 3.63) is 46.2 Å². The zero-order valence-corrected chi connectivity index (χ0v) is 16.6. The van der Waals surface area contributed by atoms with Crippen molar-refractivity contribution in [2.24, 2.45) is 0 Å². The van der Waals surface area contributed by atoms with E-state index in [9.17, 15) is 9.59 Å². The fourth-order valence-electron chi connectivity index (χ4n) is 2.62. The van der Waals surface area contributed by atoms with Gasteiger partial charge in [-0.15, -0.1) is 0 Å². The lowest BCUT2D eigenvalue weighted by Crippen LogP contribution is -2.41. The van der Waals surface area contributed by atoms with Gasteiger partial charge in [0.25, 0.3) is 5.91 Å². The molecule has 2 rings (SSSR count). The topological polar surface area (TPSA) is 58.4 Å². The first-order chi connectivity index (χ1) is 11.9. The number of hydrogen-bond donors (Lipinski definition) is 0. The first kappa shape index (κ1) is 19.2. The minimum absolute atomic E-state index is 0.0567. The smallest absolute Gasteiger partial charge is 0.257 e. The van der Waals surface area contributed by atoms with Crippen LogP contribution in [-0.4, -0.2) is 58.1 Å².